The van der Waals surface area contributed by atoms with Gasteiger partial charge >= 0.3 is 6.03 Å². The Morgan fingerprint density at radius 1 is 1.03 bits per heavy atom. The first-order chi connectivity index (χ1) is 15.8. The van der Waals surface area contributed by atoms with Crippen molar-refractivity contribution in [1.29, 1.82) is 0 Å². The molecule has 2 aromatic rings. The number of hydrogen-bond acceptors (Lipinski definition) is 3. The summed E-state index contributed by atoms with van der Waals surface area (Å²) in [6.45, 7) is 4.23. The second kappa shape index (κ2) is 9.49. The molecule has 0 bridgehead atoms. The number of Topliss-reactive ketones (excluding diaryl/α,β-unsaturated/α-hetero) is 1. The summed E-state index contributed by atoms with van der Waals surface area (Å²) in [5.74, 6) is -0.753. The number of ketones is 1. The summed E-state index contributed by atoms with van der Waals surface area (Å²) < 4.78 is 15.2. The molecule has 1 aliphatic carbocycles. The lowest BCUT2D eigenvalue weighted by molar-refractivity contribution is -0.131. The average molecular weight is 454 g/mol. The quantitative estimate of drug-likeness (QED) is 0.509. The molecule has 0 atom stereocenters. The molecule has 0 unspecified atom stereocenters. The van der Waals surface area contributed by atoms with Crippen molar-refractivity contribution in [3.05, 3.63) is 58.7 Å². The summed E-state index contributed by atoms with van der Waals surface area (Å²) in [5, 5.41) is 2.92. The fourth-order valence-corrected chi connectivity index (χ4v) is 5.22. The van der Waals surface area contributed by atoms with Crippen LogP contribution in [0.25, 0.3) is 0 Å². The van der Waals surface area contributed by atoms with Crippen molar-refractivity contribution in [2.24, 2.45) is 0 Å². The zero-order valence-corrected chi connectivity index (χ0v) is 19.5. The number of urea groups is 1. The molecule has 1 N–H and O–H groups in total. The van der Waals surface area contributed by atoms with Gasteiger partial charge in [-0.1, -0.05) is 44.2 Å². The van der Waals surface area contributed by atoms with E-state index in [1.54, 1.807) is 12.1 Å². The molecule has 1 saturated carbocycles. The van der Waals surface area contributed by atoms with Crippen LogP contribution in [0.15, 0.2) is 30.3 Å². The molecule has 33 heavy (non-hydrogen) atoms. The van der Waals surface area contributed by atoms with Gasteiger partial charge in [0.05, 0.1) is 6.54 Å². The normalized spacial score (nSPS) is 18.3. The Hall–Kier alpha value is -2.96. The second-order valence-corrected chi connectivity index (χ2v) is 9.41. The van der Waals surface area contributed by atoms with Gasteiger partial charge in [-0.05, 0) is 56.9 Å². The van der Waals surface area contributed by atoms with E-state index in [1.807, 2.05) is 19.9 Å². The maximum atomic E-state index is 13.2. The van der Waals surface area contributed by atoms with Gasteiger partial charge in [-0.3, -0.25) is 14.5 Å². The fraction of sp³-hybridized carbons (Fsp3) is 0.500. The van der Waals surface area contributed by atoms with Crippen molar-refractivity contribution in [1.82, 2.24) is 14.8 Å². The third-order valence-corrected chi connectivity index (χ3v) is 7.17. The second-order valence-electron chi connectivity index (χ2n) is 9.41. The summed E-state index contributed by atoms with van der Waals surface area (Å²) in [7, 11) is 0. The minimum atomic E-state index is -0.843. The number of carbonyl (C=O) groups excluding carboxylic acids is 3. The highest BCUT2D eigenvalue weighted by molar-refractivity contribution is 6.11. The lowest BCUT2D eigenvalue weighted by Gasteiger charge is -2.28. The van der Waals surface area contributed by atoms with E-state index in [0.717, 1.165) is 54.0 Å². The molecule has 1 aromatic heterocycles. The predicted octanol–water partition coefficient (Wildman–Crippen LogP) is 4.70. The standard InChI is InChI=1S/C26H32FN3O3/c1-18-16-22(19(2)29(18)15-12-20-8-10-21(27)11-9-20)23(31)17-30-24(32)26(28-25(30)33)13-6-4-3-5-7-14-26/h8-11,16H,3-7,12-15,17H2,1-2H3,(H,28,33). The number of imide groups is 1. The van der Waals surface area contributed by atoms with E-state index in [-0.39, 0.29) is 24.1 Å². The Kier molecular flexibility index (Phi) is 6.68. The van der Waals surface area contributed by atoms with Crippen LogP contribution in [-0.4, -0.2) is 39.3 Å². The van der Waals surface area contributed by atoms with Crippen molar-refractivity contribution in [3.8, 4) is 0 Å². The highest BCUT2D eigenvalue weighted by atomic mass is 19.1. The summed E-state index contributed by atoms with van der Waals surface area (Å²) >= 11 is 0. The van der Waals surface area contributed by atoms with Gasteiger partial charge in [0.15, 0.2) is 5.78 Å². The molecule has 6 nitrogen and oxygen atoms in total. The third kappa shape index (κ3) is 4.72. The van der Waals surface area contributed by atoms with Crippen LogP contribution in [-0.2, 0) is 17.8 Å². The van der Waals surface area contributed by atoms with Crippen molar-refractivity contribution >= 4 is 17.7 Å². The summed E-state index contributed by atoms with van der Waals surface area (Å²) in [6.07, 6.45) is 7.09. The van der Waals surface area contributed by atoms with Crippen LogP contribution in [0.3, 0.4) is 0 Å². The SMILES string of the molecule is Cc1cc(C(=O)CN2C(=O)NC3(CCCCCCC3)C2=O)c(C)n1CCc1ccc(F)cc1. The number of hydrogen-bond donors (Lipinski definition) is 1. The highest BCUT2D eigenvalue weighted by Crippen LogP contribution is 2.32. The molecule has 2 fully saturated rings. The molecule has 4 rings (SSSR count). The smallest absolute Gasteiger partial charge is 0.325 e. The number of amides is 3. The van der Waals surface area contributed by atoms with Crippen LogP contribution in [0.5, 0.6) is 0 Å². The molecular weight excluding hydrogens is 421 g/mol. The van der Waals surface area contributed by atoms with Crippen molar-refractivity contribution < 1.29 is 18.8 Å². The number of rotatable bonds is 6. The lowest BCUT2D eigenvalue weighted by Crippen LogP contribution is -2.47. The summed E-state index contributed by atoms with van der Waals surface area (Å²) in [4.78, 5) is 40.2. The maximum absolute atomic E-state index is 13.2. The number of benzene rings is 1. The van der Waals surface area contributed by atoms with Gasteiger partial charge in [0.1, 0.15) is 11.4 Å². The highest BCUT2D eigenvalue weighted by Gasteiger charge is 2.50. The number of nitrogens with zero attached hydrogens (tertiary/aromatic N) is 2. The van der Waals surface area contributed by atoms with Gasteiger partial charge in [-0.15, -0.1) is 0 Å². The van der Waals surface area contributed by atoms with Crippen LogP contribution < -0.4 is 5.32 Å². The monoisotopic (exact) mass is 453 g/mol. The number of nitrogens with one attached hydrogen (secondary N) is 1. The van der Waals surface area contributed by atoms with Gasteiger partial charge in [-0.2, -0.15) is 0 Å². The number of aryl methyl sites for hydroxylation is 2. The Balaban J connectivity index is 1.46. The van der Waals surface area contributed by atoms with E-state index >= 15 is 0 Å². The average Bonchev–Trinajstić information content (AvgIpc) is 3.18. The molecular formula is C26H32FN3O3. The molecule has 3 amide bonds. The predicted molar refractivity (Wildman–Crippen MR) is 124 cm³/mol. The largest absolute Gasteiger partial charge is 0.348 e. The molecule has 1 saturated heterocycles. The van der Waals surface area contributed by atoms with E-state index in [9.17, 15) is 18.8 Å². The molecule has 0 radical (unpaired) electrons. The van der Waals surface area contributed by atoms with Gasteiger partial charge in [0.2, 0.25) is 0 Å². The summed E-state index contributed by atoms with van der Waals surface area (Å²) in [6, 6.07) is 7.78. The minimum absolute atomic E-state index is 0.234. The minimum Gasteiger partial charge on any atom is -0.348 e. The number of carbonyl (C=O) groups is 3. The molecule has 1 aromatic carbocycles. The maximum Gasteiger partial charge on any atom is 0.325 e. The van der Waals surface area contributed by atoms with Gasteiger partial charge in [0.25, 0.3) is 5.91 Å². The van der Waals surface area contributed by atoms with Gasteiger partial charge < -0.3 is 9.88 Å². The Morgan fingerprint density at radius 2 is 1.67 bits per heavy atom. The number of halogens is 1. The van der Waals surface area contributed by atoms with Gasteiger partial charge in [-0.25, -0.2) is 9.18 Å². The van der Waals surface area contributed by atoms with Crippen molar-refractivity contribution in [2.75, 3.05) is 6.54 Å². The molecule has 176 valence electrons. The third-order valence-electron chi connectivity index (χ3n) is 7.17. The van der Waals surface area contributed by atoms with E-state index < -0.39 is 11.6 Å². The molecule has 1 spiro atoms. The van der Waals surface area contributed by atoms with E-state index in [0.29, 0.717) is 31.4 Å². The van der Waals surface area contributed by atoms with Crippen molar-refractivity contribution in [2.45, 2.75) is 77.3 Å². The Labute approximate surface area is 194 Å². The zero-order valence-electron chi connectivity index (χ0n) is 19.5. The van der Waals surface area contributed by atoms with E-state index in [1.165, 1.54) is 12.1 Å². The van der Waals surface area contributed by atoms with Crippen LogP contribution in [0.4, 0.5) is 9.18 Å². The number of aromatic nitrogens is 1. The Morgan fingerprint density at radius 3 is 2.33 bits per heavy atom. The first kappa shape index (κ1) is 23.2. The molecule has 2 aliphatic rings. The topological polar surface area (TPSA) is 71.4 Å². The van der Waals surface area contributed by atoms with Gasteiger partial charge in [0, 0.05) is 23.5 Å². The summed E-state index contributed by atoms with van der Waals surface area (Å²) in [5.41, 5.74) is 2.45. The van der Waals surface area contributed by atoms with E-state index in [4.69, 9.17) is 0 Å². The molecule has 2 heterocycles. The molecule has 7 heteroatoms. The van der Waals surface area contributed by atoms with Crippen LogP contribution in [0.1, 0.15) is 72.3 Å². The van der Waals surface area contributed by atoms with E-state index in [2.05, 4.69) is 9.88 Å². The first-order valence-corrected chi connectivity index (χ1v) is 11.9. The fourth-order valence-electron chi connectivity index (χ4n) is 5.22. The Bertz CT molecular complexity index is 1050. The lowest BCUT2D eigenvalue weighted by atomic mass is 9.84. The van der Waals surface area contributed by atoms with Crippen LogP contribution in [0.2, 0.25) is 0 Å². The van der Waals surface area contributed by atoms with Crippen LogP contribution >= 0.6 is 0 Å². The van der Waals surface area contributed by atoms with Crippen molar-refractivity contribution in [3.63, 3.8) is 0 Å². The zero-order chi connectivity index (χ0) is 23.6. The van der Waals surface area contributed by atoms with Crippen LogP contribution in [0, 0.1) is 19.7 Å². The molecule has 1 aliphatic heterocycles. The first-order valence-electron chi connectivity index (χ1n) is 11.9.